The molecule has 1 heterocycles. The van der Waals surface area contributed by atoms with Crippen LogP contribution in [0.1, 0.15) is 55.2 Å². The average molecular weight is 445 g/mol. The Balaban J connectivity index is 2.05. The summed E-state index contributed by atoms with van der Waals surface area (Å²) in [7, 11) is 1.57. The van der Waals surface area contributed by atoms with Gasteiger partial charge in [-0.3, -0.25) is 14.2 Å². The van der Waals surface area contributed by atoms with Crippen LogP contribution < -0.4 is 16.7 Å². The van der Waals surface area contributed by atoms with Gasteiger partial charge in [-0.2, -0.15) is 0 Å². The fraction of sp³-hybridized carbons (Fsp3) is 0.625. The molecule has 3 rings (SSSR count). The monoisotopic (exact) mass is 444 g/mol. The number of aromatic nitrogens is 2. The first-order valence-electron chi connectivity index (χ1n) is 11.6. The first-order chi connectivity index (χ1) is 15.3. The molecular formula is C24H36N4O4. The van der Waals surface area contributed by atoms with Crippen LogP contribution in [-0.4, -0.2) is 47.8 Å². The van der Waals surface area contributed by atoms with Crippen molar-refractivity contribution in [1.82, 2.24) is 14.5 Å². The van der Waals surface area contributed by atoms with E-state index in [1.54, 1.807) is 25.3 Å². The highest BCUT2D eigenvalue weighted by molar-refractivity contribution is 5.99. The molecule has 2 aromatic rings. The summed E-state index contributed by atoms with van der Waals surface area (Å²) < 4.78 is 7.80. The van der Waals surface area contributed by atoms with E-state index in [4.69, 9.17) is 10.5 Å². The third-order valence-corrected chi connectivity index (χ3v) is 6.70. The lowest BCUT2D eigenvalue weighted by Crippen LogP contribution is -2.40. The topological polar surface area (TPSA) is 108 Å². The minimum absolute atomic E-state index is 0.140. The molecule has 8 nitrogen and oxygen atoms in total. The van der Waals surface area contributed by atoms with Gasteiger partial charge < -0.3 is 15.8 Å². The van der Waals surface area contributed by atoms with Gasteiger partial charge in [0.15, 0.2) is 0 Å². The largest absolute Gasteiger partial charge is 0.383 e. The van der Waals surface area contributed by atoms with Crippen LogP contribution in [0.2, 0.25) is 0 Å². The zero-order chi connectivity index (χ0) is 23.4. The van der Waals surface area contributed by atoms with Crippen LogP contribution in [0.5, 0.6) is 0 Å². The number of rotatable bonds is 8. The number of nitrogens with zero attached hydrogens (tertiary/aromatic N) is 2. The lowest BCUT2D eigenvalue weighted by atomic mass is 9.69. The molecule has 1 saturated carbocycles. The van der Waals surface area contributed by atoms with Gasteiger partial charge in [0.2, 0.25) is 5.91 Å². The predicted octanol–water partition coefficient (Wildman–Crippen LogP) is 2.49. The van der Waals surface area contributed by atoms with Gasteiger partial charge in [0.05, 0.1) is 17.6 Å². The van der Waals surface area contributed by atoms with Crippen LogP contribution in [0.15, 0.2) is 23.0 Å². The molecule has 1 aromatic heterocycles. The van der Waals surface area contributed by atoms with Crippen molar-refractivity contribution in [2.24, 2.45) is 29.4 Å². The minimum Gasteiger partial charge on any atom is -0.383 e. The first kappa shape index (κ1) is 24.2. The van der Waals surface area contributed by atoms with Crippen LogP contribution in [0.25, 0.3) is 11.0 Å². The maximum atomic E-state index is 13.7. The zero-order valence-corrected chi connectivity index (χ0v) is 19.6. The van der Waals surface area contributed by atoms with Gasteiger partial charge >= 0.3 is 5.69 Å². The molecule has 0 radical (unpaired) electrons. The molecule has 3 atom stereocenters. The number of imidazole rings is 1. The maximum Gasteiger partial charge on any atom is 0.336 e. The number of benzene rings is 1. The Hall–Kier alpha value is -2.45. The van der Waals surface area contributed by atoms with Gasteiger partial charge in [-0.1, -0.05) is 27.2 Å². The Morgan fingerprint density at radius 3 is 2.66 bits per heavy atom. The normalized spacial score (nSPS) is 21.2. The third-order valence-electron chi connectivity index (χ3n) is 6.70. The highest BCUT2D eigenvalue weighted by Crippen LogP contribution is 2.39. The van der Waals surface area contributed by atoms with Crippen molar-refractivity contribution in [2.45, 2.75) is 46.6 Å². The Morgan fingerprint density at radius 2 is 2.00 bits per heavy atom. The maximum absolute atomic E-state index is 13.7. The van der Waals surface area contributed by atoms with Crippen molar-refractivity contribution < 1.29 is 14.3 Å². The Bertz CT molecular complexity index is 1020. The van der Waals surface area contributed by atoms with Gasteiger partial charge in [-0.25, -0.2) is 9.36 Å². The Labute approximate surface area is 189 Å². The summed E-state index contributed by atoms with van der Waals surface area (Å²) in [6.45, 7) is 7.80. The van der Waals surface area contributed by atoms with Crippen molar-refractivity contribution in [1.29, 1.82) is 0 Å². The quantitative estimate of drug-likeness (QED) is 0.608. The van der Waals surface area contributed by atoms with E-state index >= 15 is 0 Å². The molecule has 1 aliphatic carbocycles. The van der Waals surface area contributed by atoms with Crippen molar-refractivity contribution in [2.75, 3.05) is 26.8 Å². The number of nitrogens with one attached hydrogen (secondary N) is 1. The number of ether oxygens (including phenoxy) is 1. The summed E-state index contributed by atoms with van der Waals surface area (Å²) in [5, 5.41) is 2.79. The number of carbonyl (C=O) groups excluding carboxylic acids is 2. The Kier molecular flexibility index (Phi) is 7.90. The third kappa shape index (κ3) is 4.81. The van der Waals surface area contributed by atoms with Crippen molar-refractivity contribution in [3.05, 3.63) is 34.2 Å². The molecule has 0 saturated heterocycles. The van der Waals surface area contributed by atoms with E-state index in [1.165, 1.54) is 9.13 Å². The van der Waals surface area contributed by atoms with Crippen molar-refractivity contribution in [3.63, 3.8) is 0 Å². The van der Waals surface area contributed by atoms with Crippen LogP contribution >= 0.6 is 0 Å². The lowest BCUT2D eigenvalue weighted by Gasteiger charge is -2.36. The molecule has 1 fully saturated rings. The molecule has 1 amide bonds. The van der Waals surface area contributed by atoms with Gasteiger partial charge in [-0.05, 0) is 48.8 Å². The van der Waals surface area contributed by atoms with E-state index in [-0.39, 0.29) is 42.4 Å². The fourth-order valence-electron chi connectivity index (χ4n) is 4.98. The smallest absolute Gasteiger partial charge is 0.336 e. The molecule has 32 heavy (non-hydrogen) atoms. The molecule has 8 heteroatoms. The number of carbonyl (C=O) groups is 2. The van der Waals surface area contributed by atoms with Crippen LogP contribution in [-0.2, 0) is 11.3 Å². The summed E-state index contributed by atoms with van der Waals surface area (Å²) in [4.78, 5) is 39.6. The Morgan fingerprint density at radius 1 is 1.25 bits per heavy atom. The molecule has 0 aliphatic heterocycles. The van der Waals surface area contributed by atoms with E-state index in [2.05, 4.69) is 26.1 Å². The van der Waals surface area contributed by atoms with Crippen LogP contribution in [0, 0.1) is 23.7 Å². The summed E-state index contributed by atoms with van der Waals surface area (Å²) >= 11 is 0. The van der Waals surface area contributed by atoms with Gasteiger partial charge in [0, 0.05) is 38.2 Å². The second-order valence-corrected chi connectivity index (χ2v) is 9.28. The second kappa shape index (κ2) is 10.4. The highest BCUT2D eigenvalue weighted by atomic mass is 16.5. The summed E-state index contributed by atoms with van der Waals surface area (Å²) in [5.41, 5.74) is 6.89. The molecule has 1 aliphatic rings. The number of nitrogens with two attached hydrogens (primary N) is 1. The standard InChI is InChI=1S/C24H36N4O4/c1-15(2)18-7-5-16(3)13-19(18)23(30)28-20-8-6-17(22(29)26-10-12-32-4)14-21(20)27(11-9-25)24(28)31/h6,8,14-16,18-19H,5,7,9-13,25H2,1-4H3,(H,26,29)/t16-,18+,19-/m1/s1. The van der Waals surface area contributed by atoms with E-state index < -0.39 is 0 Å². The summed E-state index contributed by atoms with van der Waals surface area (Å²) in [6, 6.07) is 5.02. The van der Waals surface area contributed by atoms with E-state index in [9.17, 15) is 14.4 Å². The molecule has 1 aromatic carbocycles. The van der Waals surface area contributed by atoms with Crippen molar-refractivity contribution in [3.8, 4) is 0 Å². The molecule has 3 N–H and O–H groups in total. The van der Waals surface area contributed by atoms with Crippen LogP contribution in [0.3, 0.4) is 0 Å². The summed E-state index contributed by atoms with van der Waals surface area (Å²) in [5.74, 6) is 0.491. The van der Waals surface area contributed by atoms with Crippen molar-refractivity contribution >= 4 is 22.8 Å². The van der Waals surface area contributed by atoms with Gasteiger partial charge in [0.1, 0.15) is 0 Å². The average Bonchev–Trinajstić information content (AvgIpc) is 3.04. The van der Waals surface area contributed by atoms with E-state index in [1.807, 2.05) is 0 Å². The summed E-state index contributed by atoms with van der Waals surface area (Å²) in [6.07, 6.45) is 2.90. The number of methoxy groups -OCH3 is 1. The number of fused-ring (bicyclic) bond motifs is 1. The number of amides is 1. The molecule has 0 bridgehead atoms. The SMILES string of the molecule is COCCNC(=O)c1ccc2c(c1)n(CCN)c(=O)n2C(=O)[C@@H]1C[C@H](C)CC[C@H]1C(C)C. The molecule has 176 valence electrons. The fourth-order valence-corrected chi connectivity index (χ4v) is 4.98. The highest BCUT2D eigenvalue weighted by Gasteiger charge is 2.37. The zero-order valence-electron chi connectivity index (χ0n) is 19.6. The molecule has 0 unspecified atom stereocenters. The molecule has 0 spiro atoms. The molecular weight excluding hydrogens is 408 g/mol. The lowest BCUT2D eigenvalue weighted by molar-refractivity contribution is 0.0633. The second-order valence-electron chi connectivity index (χ2n) is 9.28. The predicted molar refractivity (Wildman–Crippen MR) is 125 cm³/mol. The first-order valence-corrected chi connectivity index (χ1v) is 11.6. The minimum atomic E-state index is -0.381. The number of hydrogen-bond donors (Lipinski definition) is 2. The van der Waals surface area contributed by atoms with E-state index in [0.29, 0.717) is 41.6 Å². The van der Waals surface area contributed by atoms with Gasteiger partial charge in [0.25, 0.3) is 5.91 Å². The van der Waals surface area contributed by atoms with Gasteiger partial charge in [-0.15, -0.1) is 0 Å². The van der Waals surface area contributed by atoms with E-state index in [0.717, 1.165) is 19.3 Å². The number of hydrogen-bond acceptors (Lipinski definition) is 5. The van der Waals surface area contributed by atoms with Crippen LogP contribution in [0.4, 0.5) is 0 Å².